The molecule has 0 unspecified atom stereocenters. The van der Waals surface area contributed by atoms with E-state index < -0.39 is 5.63 Å². The molecule has 1 N–H and O–H groups in total. The Kier molecular flexibility index (Phi) is 4.95. The van der Waals surface area contributed by atoms with Crippen LogP contribution in [-0.2, 0) is 11.2 Å². The topological polar surface area (TPSA) is 85.3 Å². The van der Waals surface area contributed by atoms with Crippen molar-refractivity contribution >= 4 is 34.2 Å². The van der Waals surface area contributed by atoms with Crippen LogP contribution in [-0.4, -0.2) is 10.9 Å². The number of hydrogen-bond acceptors (Lipinski definition) is 5. The van der Waals surface area contributed by atoms with E-state index in [1.165, 1.54) is 6.07 Å². The van der Waals surface area contributed by atoms with Crippen molar-refractivity contribution in [2.45, 2.75) is 12.8 Å². The maximum atomic E-state index is 12.2. The highest BCUT2D eigenvalue weighted by Gasteiger charge is 2.10. The molecule has 2 heterocycles. The van der Waals surface area contributed by atoms with Crippen molar-refractivity contribution in [3.63, 3.8) is 0 Å². The summed E-state index contributed by atoms with van der Waals surface area (Å²) in [4.78, 5) is 27.7. The molecule has 1 amide bonds. The van der Waals surface area contributed by atoms with Crippen molar-refractivity contribution in [1.82, 2.24) is 4.98 Å². The average Bonchev–Trinajstić information content (AvgIpc) is 3.16. The second-order valence-electron chi connectivity index (χ2n) is 6.18. The van der Waals surface area contributed by atoms with E-state index in [-0.39, 0.29) is 12.3 Å². The molecule has 0 atom stereocenters. The molecule has 7 heteroatoms. The number of carbonyl (C=O) groups is 1. The first-order chi connectivity index (χ1) is 13.6. The van der Waals surface area contributed by atoms with Gasteiger partial charge < -0.3 is 14.2 Å². The van der Waals surface area contributed by atoms with Gasteiger partial charge in [0.2, 0.25) is 5.91 Å². The molecular weight excluding hydrogens is 380 g/mol. The van der Waals surface area contributed by atoms with Crippen molar-refractivity contribution in [2.24, 2.45) is 0 Å². The van der Waals surface area contributed by atoms with Crippen LogP contribution in [0.4, 0.5) is 5.69 Å². The monoisotopic (exact) mass is 394 g/mol. The largest absolute Gasteiger partial charge is 0.441 e. The summed E-state index contributed by atoms with van der Waals surface area (Å²) >= 11 is 5.88. The molecule has 0 spiro atoms. The molecule has 0 fully saturated rings. The van der Waals surface area contributed by atoms with Crippen LogP contribution in [0.25, 0.3) is 22.3 Å². The van der Waals surface area contributed by atoms with Gasteiger partial charge in [-0.25, -0.2) is 9.78 Å². The van der Waals surface area contributed by atoms with Gasteiger partial charge in [-0.3, -0.25) is 4.79 Å². The number of benzene rings is 2. The lowest BCUT2D eigenvalue weighted by Crippen LogP contribution is -2.12. The predicted octanol–water partition coefficient (Wildman–Crippen LogP) is 4.67. The molecule has 0 saturated carbocycles. The number of aryl methyl sites for hydroxylation is 1. The standard InChI is InChI=1S/C21H15ClN2O4/c22-15-4-1-13(2-5-15)18-12-23-20(27-18)9-8-19(25)24-16-6-7-17-14(11-16)3-10-21(26)28-17/h1-7,10-12H,8-9H2,(H,24,25). The molecular formula is C21H15ClN2O4. The Balaban J connectivity index is 1.37. The van der Waals surface area contributed by atoms with E-state index in [0.29, 0.717) is 34.4 Å². The van der Waals surface area contributed by atoms with Crippen molar-refractivity contribution in [1.29, 1.82) is 0 Å². The van der Waals surface area contributed by atoms with Crippen LogP contribution in [0.5, 0.6) is 0 Å². The van der Waals surface area contributed by atoms with E-state index >= 15 is 0 Å². The summed E-state index contributed by atoms with van der Waals surface area (Å²) in [5.74, 6) is 0.950. The molecule has 2 aromatic carbocycles. The van der Waals surface area contributed by atoms with Crippen LogP contribution in [0.3, 0.4) is 0 Å². The first-order valence-corrected chi connectivity index (χ1v) is 8.99. The van der Waals surface area contributed by atoms with Gasteiger partial charge in [-0.15, -0.1) is 0 Å². The molecule has 0 aliphatic rings. The summed E-state index contributed by atoms with van der Waals surface area (Å²) < 4.78 is 10.8. The third kappa shape index (κ3) is 4.13. The number of anilines is 1. The molecule has 0 saturated heterocycles. The highest BCUT2D eigenvalue weighted by Crippen LogP contribution is 2.23. The van der Waals surface area contributed by atoms with Crippen LogP contribution in [0, 0.1) is 0 Å². The molecule has 0 bridgehead atoms. The average molecular weight is 395 g/mol. The lowest BCUT2D eigenvalue weighted by Gasteiger charge is -2.05. The Morgan fingerprint density at radius 1 is 1.04 bits per heavy atom. The zero-order valence-corrected chi connectivity index (χ0v) is 15.4. The summed E-state index contributed by atoms with van der Waals surface area (Å²) in [6, 6.07) is 15.3. The SMILES string of the molecule is O=C(CCc1ncc(-c2ccc(Cl)cc2)o1)Nc1ccc2oc(=O)ccc2c1. The summed E-state index contributed by atoms with van der Waals surface area (Å²) in [5.41, 5.74) is 1.56. The summed E-state index contributed by atoms with van der Waals surface area (Å²) in [6.45, 7) is 0. The van der Waals surface area contributed by atoms with Gasteiger partial charge in [0.1, 0.15) is 5.58 Å². The molecule has 6 nitrogen and oxygen atoms in total. The molecule has 140 valence electrons. The van der Waals surface area contributed by atoms with Crippen LogP contribution < -0.4 is 10.9 Å². The van der Waals surface area contributed by atoms with Crippen LogP contribution >= 0.6 is 11.6 Å². The van der Waals surface area contributed by atoms with Crippen molar-refractivity contribution in [3.05, 3.63) is 82.1 Å². The number of rotatable bonds is 5. The fourth-order valence-electron chi connectivity index (χ4n) is 2.77. The van der Waals surface area contributed by atoms with Gasteiger partial charge in [0.05, 0.1) is 6.20 Å². The van der Waals surface area contributed by atoms with E-state index in [9.17, 15) is 9.59 Å². The number of fused-ring (bicyclic) bond motifs is 1. The van der Waals surface area contributed by atoms with Gasteiger partial charge in [-0.1, -0.05) is 11.6 Å². The Morgan fingerprint density at radius 2 is 1.86 bits per heavy atom. The Morgan fingerprint density at radius 3 is 2.68 bits per heavy atom. The molecule has 28 heavy (non-hydrogen) atoms. The Bertz CT molecular complexity index is 1190. The first-order valence-electron chi connectivity index (χ1n) is 8.61. The van der Waals surface area contributed by atoms with Crippen molar-refractivity contribution in [3.8, 4) is 11.3 Å². The van der Waals surface area contributed by atoms with Gasteiger partial charge >= 0.3 is 5.63 Å². The minimum Gasteiger partial charge on any atom is -0.441 e. The van der Waals surface area contributed by atoms with E-state index in [0.717, 1.165) is 10.9 Å². The quantitative estimate of drug-likeness (QED) is 0.497. The fourth-order valence-corrected chi connectivity index (χ4v) is 2.89. The summed E-state index contributed by atoms with van der Waals surface area (Å²) in [5, 5.41) is 4.20. The smallest absolute Gasteiger partial charge is 0.336 e. The van der Waals surface area contributed by atoms with E-state index in [4.69, 9.17) is 20.4 Å². The lowest BCUT2D eigenvalue weighted by molar-refractivity contribution is -0.116. The van der Waals surface area contributed by atoms with Gasteiger partial charge in [0.15, 0.2) is 11.7 Å². The number of carbonyl (C=O) groups excluding carboxylic acids is 1. The molecule has 0 aliphatic heterocycles. The Hall–Kier alpha value is -3.38. The maximum absolute atomic E-state index is 12.2. The summed E-state index contributed by atoms with van der Waals surface area (Å²) in [6.07, 6.45) is 2.23. The number of amides is 1. The van der Waals surface area contributed by atoms with Crippen molar-refractivity contribution in [2.75, 3.05) is 5.32 Å². The predicted molar refractivity (Wildman–Crippen MR) is 106 cm³/mol. The third-order valence-electron chi connectivity index (χ3n) is 4.15. The zero-order valence-electron chi connectivity index (χ0n) is 14.6. The second kappa shape index (κ2) is 7.70. The van der Waals surface area contributed by atoms with E-state index in [1.807, 2.05) is 12.1 Å². The van der Waals surface area contributed by atoms with Crippen molar-refractivity contribution < 1.29 is 13.6 Å². The molecule has 4 aromatic rings. The highest BCUT2D eigenvalue weighted by molar-refractivity contribution is 6.30. The normalized spacial score (nSPS) is 10.9. The van der Waals surface area contributed by atoms with Gasteiger partial charge in [-0.05, 0) is 48.5 Å². The van der Waals surface area contributed by atoms with Gasteiger partial charge in [0.25, 0.3) is 0 Å². The molecule has 4 rings (SSSR count). The van der Waals surface area contributed by atoms with Gasteiger partial charge in [-0.2, -0.15) is 0 Å². The number of nitrogens with one attached hydrogen (secondary N) is 1. The van der Waals surface area contributed by atoms with E-state index in [2.05, 4.69) is 10.3 Å². The summed E-state index contributed by atoms with van der Waals surface area (Å²) in [7, 11) is 0. The van der Waals surface area contributed by atoms with Crippen LogP contribution in [0.15, 0.2) is 74.4 Å². The number of halogens is 1. The fraction of sp³-hybridized carbons (Fsp3) is 0.0952. The zero-order chi connectivity index (χ0) is 19.5. The number of hydrogen-bond donors (Lipinski definition) is 1. The highest BCUT2D eigenvalue weighted by atomic mass is 35.5. The lowest BCUT2D eigenvalue weighted by atomic mass is 10.2. The number of oxazole rings is 1. The first kappa shape index (κ1) is 18.0. The van der Waals surface area contributed by atoms with E-state index in [1.54, 1.807) is 42.6 Å². The molecule has 2 aromatic heterocycles. The van der Waals surface area contributed by atoms with Crippen LogP contribution in [0.2, 0.25) is 5.02 Å². The number of aromatic nitrogens is 1. The molecule has 0 aliphatic carbocycles. The Labute approximate surface area is 164 Å². The second-order valence-corrected chi connectivity index (χ2v) is 6.62. The minimum absolute atomic E-state index is 0.164. The third-order valence-corrected chi connectivity index (χ3v) is 4.40. The minimum atomic E-state index is -0.409. The van der Waals surface area contributed by atoms with Gasteiger partial charge in [0, 0.05) is 40.6 Å². The maximum Gasteiger partial charge on any atom is 0.336 e. The number of nitrogens with zero attached hydrogens (tertiary/aromatic N) is 1. The molecule has 0 radical (unpaired) electrons. The van der Waals surface area contributed by atoms with Crippen LogP contribution in [0.1, 0.15) is 12.3 Å².